The lowest BCUT2D eigenvalue weighted by molar-refractivity contribution is -0.250. The molecular formula is C96H82O7. The van der Waals surface area contributed by atoms with Crippen molar-refractivity contribution in [1.29, 1.82) is 0 Å². The maximum absolute atomic E-state index is 11.2. The molecule has 0 spiro atoms. The summed E-state index contributed by atoms with van der Waals surface area (Å²) in [6, 6.07) is 139. The number of methoxy groups -OCH3 is 6. The second-order valence-electron chi connectivity index (χ2n) is 25.7. The van der Waals surface area contributed by atoms with Gasteiger partial charge in [-0.05, 0) is 115 Å². The fraction of sp³-hybridized carbons (Fsp3) is 0.125. The van der Waals surface area contributed by atoms with Gasteiger partial charge in [0.2, 0.25) is 0 Å². The Morgan fingerprint density at radius 1 is 0.165 bits per heavy atom. The highest BCUT2D eigenvalue weighted by Gasteiger charge is 2.78. The van der Waals surface area contributed by atoms with Crippen LogP contribution >= 0.6 is 0 Å². The Morgan fingerprint density at radius 3 is 0.495 bits per heavy atom. The van der Waals surface area contributed by atoms with Crippen molar-refractivity contribution in [3.05, 3.63) is 466 Å². The summed E-state index contributed by atoms with van der Waals surface area (Å²) < 4.78 is 51.4. The van der Waals surface area contributed by atoms with Crippen molar-refractivity contribution in [3.63, 3.8) is 0 Å². The lowest BCUT2D eigenvalue weighted by Gasteiger charge is -2.69. The van der Waals surface area contributed by atoms with E-state index >= 15 is 0 Å². The molecule has 0 saturated carbocycles. The fourth-order valence-electron chi connectivity index (χ4n) is 17.2. The third-order valence-electron chi connectivity index (χ3n) is 21.1. The first-order chi connectivity index (χ1) is 50.8. The van der Waals surface area contributed by atoms with Crippen LogP contribution in [0.4, 0.5) is 0 Å². The zero-order valence-corrected chi connectivity index (χ0v) is 58.8. The van der Waals surface area contributed by atoms with Crippen LogP contribution in [0.3, 0.4) is 0 Å². The van der Waals surface area contributed by atoms with E-state index in [1.165, 1.54) is 0 Å². The highest BCUT2D eigenvalue weighted by molar-refractivity contribution is 5.74. The lowest BCUT2D eigenvalue weighted by atomic mass is 9.41. The molecule has 2 atom stereocenters. The van der Waals surface area contributed by atoms with Gasteiger partial charge < -0.3 is 33.2 Å². The van der Waals surface area contributed by atoms with Crippen LogP contribution in [0.2, 0.25) is 0 Å². The zero-order valence-electron chi connectivity index (χ0n) is 58.8. The Morgan fingerprint density at radius 2 is 0.330 bits per heavy atom. The summed E-state index contributed by atoms with van der Waals surface area (Å²) in [5.41, 5.74) is 0.680. The first-order valence-corrected chi connectivity index (χ1v) is 34.8. The molecule has 14 aromatic rings. The summed E-state index contributed by atoms with van der Waals surface area (Å²) in [6.45, 7) is 0. The number of hydrogen-bond acceptors (Lipinski definition) is 7. The van der Waals surface area contributed by atoms with Gasteiger partial charge in [0.1, 0.15) is 45.7 Å². The second-order valence-corrected chi connectivity index (χ2v) is 25.7. The molecule has 14 rings (SSSR count). The van der Waals surface area contributed by atoms with Crippen LogP contribution < -0.4 is 28.4 Å². The van der Waals surface area contributed by atoms with Crippen molar-refractivity contribution in [2.75, 3.05) is 42.7 Å². The van der Waals surface area contributed by atoms with Crippen molar-refractivity contribution < 1.29 is 33.2 Å². The molecule has 0 aliphatic heterocycles. The first kappa shape index (κ1) is 68.0. The van der Waals surface area contributed by atoms with E-state index in [4.69, 9.17) is 28.4 Å². The van der Waals surface area contributed by atoms with Gasteiger partial charge in [-0.2, -0.15) is 0 Å². The number of benzene rings is 14. The summed E-state index contributed by atoms with van der Waals surface area (Å²) >= 11 is 0. The predicted octanol–water partition coefficient (Wildman–Crippen LogP) is 21.0. The van der Waals surface area contributed by atoms with Gasteiger partial charge in [0.15, 0.2) is 0 Å². The monoisotopic (exact) mass is 1350 g/mol. The van der Waals surface area contributed by atoms with Gasteiger partial charge in [-0.15, -0.1) is 0 Å². The number of ether oxygens (including phenoxy) is 7. The van der Waals surface area contributed by atoms with Crippen molar-refractivity contribution in [3.8, 4) is 34.5 Å². The molecule has 0 saturated heterocycles. The van der Waals surface area contributed by atoms with Gasteiger partial charge in [0.05, 0.1) is 64.3 Å². The molecule has 0 bridgehead atoms. The van der Waals surface area contributed by atoms with Gasteiger partial charge in [0.25, 0.3) is 0 Å². The Hall–Kier alpha value is -12.2. The molecule has 0 N–H and O–H groups in total. The molecule has 0 aliphatic rings. The van der Waals surface area contributed by atoms with Crippen LogP contribution in [0.1, 0.15) is 77.9 Å². The molecule has 0 fully saturated rings. The van der Waals surface area contributed by atoms with E-state index in [0.717, 1.165) is 66.8 Å². The molecule has 0 aromatic heterocycles. The lowest BCUT2D eigenvalue weighted by Crippen LogP contribution is -2.73. The maximum atomic E-state index is 11.2. The SMILES string of the molecule is COc1ccc(C(c2ccccc2)(c2ccccc2)C(OC(c2ccc(OC)cc2OC)(C(c2ccccc2)(c2ccccc2)c2ccccc2)C(c2ccccc2)(c2ccccc2)c2ccc(OC)cc2)(c2ccc(OC)cc2OC)C(c2ccccc2)(c2ccccc2)c2ccccc2)cc1. The third kappa shape index (κ3) is 10.9. The van der Waals surface area contributed by atoms with Crippen LogP contribution in [-0.4, -0.2) is 42.7 Å². The van der Waals surface area contributed by atoms with Gasteiger partial charge >= 0.3 is 0 Å². The topological polar surface area (TPSA) is 64.6 Å². The summed E-state index contributed by atoms with van der Waals surface area (Å²) in [4.78, 5) is 0. The van der Waals surface area contributed by atoms with Gasteiger partial charge in [-0.25, -0.2) is 0 Å². The van der Waals surface area contributed by atoms with Crippen molar-refractivity contribution in [2.24, 2.45) is 0 Å². The van der Waals surface area contributed by atoms with E-state index in [-0.39, 0.29) is 0 Å². The van der Waals surface area contributed by atoms with Crippen molar-refractivity contribution in [1.82, 2.24) is 0 Å². The smallest absolute Gasteiger partial charge is 0.133 e. The zero-order chi connectivity index (χ0) is 70.8. The first-order valence-electron chi connectivity index (χ1n) is 34.8. The van der Waals surface area contributed by atoms with Crippen LogP contribution in [-0.2, 0) is 37.6 Å². The molecule has 0 radical (unpaired) electrons. The minimum atomic E-state index is -2.16. The molecule has 2 unspecified atom stereocenters. The molecule has 103 heavy (non-hydrogen) atoms. The molecule has 0 aliphatic carbocycles. The Labute approximate surface area is 605 Å². The molecular weight excluding hydrogens is 1270 g/mol. The average Bonchev–Trinajstić information content (AvgIpc) is 0.639. The highest BCUT2D eigenvalue weighted by atomic mass is 16.5. The Balaban J connectivity index is 1.48. The Bertz CT molecular complexity index is 4440. The summed E-state index contributed by atoms with van der Waals surface area (Å²) in [5, 5.41) is 0. The largest absolute Gasteiger partial charge is 0.497 e. The third-order valence-corrected chi connectivity index (χ3v) is 21.1. The van der Waals surface area contributed by atoms with Gasteiger partial charge in [0, 0.05) is 23.3 Å². The van der Waals surface area contributed by atoms with E-state index in [2.05, 4.69) is 376 Å². The van der Waals surface area contributed by atoms with Crippen LogP contribution in [0.25, 0.3) is 0 Å². The number of rotatable bonds is 26. The quantitative estimate of drug-likeness (QED) is 0.0501. The molecule has 0 amide bonds. The van der Waals surface area contributed by atoms with Crippen LogP contribution in [0, 0.1) is 0 Å². The molecule has 508 valence electrons. The predicted molar refractivity (Wildman–Crippen MR) is 413 cm³/mol. The van der Waals surface area contributed by atoms with Crippen LogP contribution in [0.5, 0.6) is 34.5 Å². The van der Waals surface area contributed by atoms with Gasteiger partial charge in [-0.1, -0.05) is 328 Å². The second kappa shape index (κ2) is 29.6. The maximum Gasteiger partial charge on any atom is 0.133 e. The van der Waals surface area contributed by atoms with E-state index in [1.807, 2.05) is 12.1 Å². The van der Waals surface area contributed by atoms with E-state index in [9.17, 15) is 4.74 Å². The minimum absolute atomic E-state index is 0.464. The summed E-state index contributed by atoms with van der Waals surface area (Å²) in [7, 11) is 10.4. The van der Waals surface area contributed by atoms with Crippen LogP contribution in [0.15, 0.2) is 388 Å². The van der Waals surface area contributed by atoms with E-state index < -0.39 is 32.9 Å². The van der Waals surface area contributed by atoms with E-state index in [0.29, 0.717) is 45.6 Å². The van der Waals surface area contributed by atoms with Gasteiger partial charge in [-0.3, -0.25) is 0 Å². The molecule has 0 heterocycles. The molecule has 7 nitrogen and oxygen atoms in total. The van der Waals surface area contributed by atoms with E-state index in [1.54, 1.807) is 42.7 Å². The number of hydrogen-bond donors (Lipinski definition) is 0. The normalized spacial score (nSPS) is 13.0. The highest BCUT2D eigenvalue weighted by Crippen LogP contribution is 2.76. The molecule has 14 aromatic carbocycles. The minimum Gasteiger partial charge on any atom is -0.497 e. The Kier molecular flexibility index (Phi) is 19.5. The molecule has 7 heteroatoms. The average molecular weight is 1350 g/mol. The van der Waals surface area contributed by atoms with Crippen molar-refractivity contribution in [2.45, 2.75) is 32.9 Å². The fourth-order valence-corrected chi connectivity index (χ4v) is 17.2. The standard InChI is InChI=1S/C96H82O7/c1-97-83-61-57-81(58-62-83)93(77-49-29-13-30-50-77,78-51-31-14-32-52-78)95(87-67-65-85(99-3)69-89(87)101-5,91(71-37-17-7-18-38-71,72-39-19-8-20-40-72)73-41-21-9-22-42-73)103-96(88-68-66-86(100-4)70-90(88)102-6,92(74-43-23-10-24-44-74,75-45-25-11-26-46-75)76-47-27-12-28-48-76)94(79-53-33-15-34-54-79,80-55-35-16-36-56-80)82-59-63-84(98-2)64-60-82/h7-70H,1-6H3. The summed E-state index contributed by atoms with van der Waals surface area (Å²) in [6.07, 6.45) is 0. The van der Waals surface area contributed by atoms with Crippen molar-refractivity contribution >= 4 is 0 Å². The summed E-state index contributed by atoms with van der Waals surface area (Å²) in [5.74, 6) is 3.37.